The standard InChI is InChI=1S/2C25H23.C2H7Si.2ClH.Zr/c2*1-2-3-10-19-17-22-15-16-23(20-11-6-4-7-12-20)25(24(22)18-19)21-13-8-5-9-14-21;1-3-2;;;/h2*4-9,11-18H,2-3,10H2,1H3;3H,1-2H3;2*1H;/q;;;;;+2/p-2. The summed E-state index contributed by atoms with van der Waals surface area (Å²) in [6.45, 7) is 9.59. The molecular weight excluding hydrogens is 815 g/mol. The van der Waals surface area contributed by atoms with Gasteiger partial charge < -0.3 is 0 Å². The minimum atomic E-state index is -5.05. The molecule has 0 spiro atoms. The number of unbranched alkanes of at least 4 members (excludes halogenated alkanes) is 2. The first-order valence-corrected chi connectivity index (χ1v) is 37.1. The van der Waals surface area contributed by atoms with Crippen molar-refractivity contribution < 1.29 is 15.6 Å². The van der Waals surface area contributed by atoms with Crippen molar-refractivity contribution in [3.63, 3.8) is 0 Å². The molecule has 8 rings (SSSR count). The summed E-state index contributed by atoms with van der Waals surface area (Å²) >= 11 is -5.05. The van der Waals surface area contributed by atoms with Crippen molar-refractivity contribution in [1.29, 1.82) is 0 Å². The molecule has 0 radical (unpaired) electrons. The average molecular weight is 868 g/mol. The predicted octanol–water partition coefficient (Wildman–Crippen LogP) is 16.3. The maximum absolute atomic E-state index is 9.01. The Morgan fingerprint density at radius 2 is 0.804 bits per heavy atom. The molecular formula is C52H53Cl2SiZr. The van der Waals surface area contributed by atoms with Gasteiger partial charge in [-0.3, -0.25) is 0 Å². The number of hydrogen-bond acceptors (Lipinski definition) is 0. The van der Waals surface area contributed by atoms with E-state index in [2.05, 4.69) is 185 Å². The van der Waals surface area contributed by atoms with Gasteiger partial charge in [-0.05, 0) is 0 Å². The molecule has 0 fully saturated rings. The van der Waals surface area contributed by atoms with E-state index in [1.54, 1.807) is 0 Å². The van der Waals surface area contributed by atoms with Gasteiger partial charge in [-0.15, -0.1) is 0 Å². The maximum atomic E-state index is 9.01. The van der Waals surface area contributed by atoms with E-state index in [0.717, 1.165) is 38.5 Å². The summed E-state index contributed by atoms with van der Waals surface area (Å²) in [7, 11) is 18.0. The predicted molar refractivity (Wildman–Crippen MR) is 246 cm³/mol. The zero-order chi connectivity index (χ0) is 38.9. The first-order chi connectivity index (χ1) is 27.3. The summed E-state index contributed by atoms with van der Waals surface area (Å²) in [6.07, 6.45) is 11.7. The van der Waals surface area contributed by atoms with Crippen LogP contribution in [0.4, 0.5) is 0 Å². The van der Waals surface area contributed by atoms with Gasteiger partial charge in [-0.25, -0.2) is 0 Å². The Morgan fingerprint density at radius 1 is 0.464 bits per heavy atom. The quantitative estimate of drug-likeness (QED) is 0.101. The van der Waals surface area contributed by atoms with Gasteiger partial charge in [0.05, 0.1) is 0 Å². The molecule has 0 bridgehead atoms. The SMILES string of the molecule is CCCCC1=Cc2c(ccc(-c3ccccc3)c2-c2ccccc2)[CH]1[Zr]([Cl])([Cl])([CH]1C(CCCC)=Cc2c1ccc(-c1ccccc1)c2-c1ccccc1)[SiH](C)C. The minimum absolute atomic E-state index is 0.0511. The number of hydrogen-bond donors (Lipinski definition) is 0. The Labute approximate surface area is 344 Å². The third-order valence-electron chi connectivity index (χ3n) is 12.7. The Kier molecular flexibility index (Phi) is 11.5. The Hall–Kier alpha value is -3.52. The van der Waals surface area contributed by atoms with Crippen molar-refractivity contribution in [3.05, 3.63) is 179 Å². The molecule has 4 heteroatoms. The summed E-state index contributed by atoms with van der Waals surface area (Å²) in [6, 6.07) is 53.4. The first-order valence-electron chi connectivity index (χ1n) is 20.8. The first kappa shape index (κ1) is 39.3. The van der Waals surface area contributed by atoms with Gasteiger partial charge in [0, 0.05) is 0 Å². The zero-order valence-electron chi connectivity index (χ0n) is 33.2. The molecule has 2 aliphatic rings. The fraction of sp³-hybridized carbons (Fsp3) is 0.231. The average Bonchev–Trinajstić information content (AvgIpc) is 3.82. The third kappa shape index (κ3) is 6.83. The van der Waals surface area contributed by atoms with Gasteiger partial charge in [0.25, 0.3) is 0 Å². The summed E-state index contributed by atoms with van der Waals surface area (Å²) in [4.78, 5) is 0. The van der Waals surface area contributed by atoms with E-state index in [1.165, 1.54) is 77.9 Å². The van der Waals surface area contributed by atoms with Crippen molar-refractivity contribution in [2.45, 2.75) is 72.7 Å². The summed E-state index contributed by atoms with van der Waals surface area (Å²) in [5, 5.41) is 0. The second kappa shape index (κ2) is 16.4. The zero-order valence-corrected chi connectivity index (χ0v) is 38.4. The van der Waals surface area contributed by atoms with Gasteiger partial charge in [-0.1, -0.05) is 0 Å². The molecule has 2 unspecified atom stereocenters. The summed E-state index contributed by atoms with van der Waals surface area (Å²) < 4.78 is 0.102. The van der Waals surface area contributed by atoms with E-state index in [1.807, 2.05) is 0 Å². The number of benzene rings is 6. The van der Waals surface area contributed by atoms with Crippen molar-refractivity contribution in [1.82, 2.24) is 0 Å². The van der Waals surface area contributed by atoms with Crippen molar-refractivity contribution in [2.75, 3.05) is 0 Å². The van der Waals surface area contributed by atoms with E-state index in [9.17, 15) is 0 Å². The molecule has 2 aliphatic carbocycles. The van der Waals surface area contributed by atoms with Gasteiger partial charge in [0.1, 0.15) is 0 Å². The second-order valence-electron chi connectivity index (χ2n) is 16.3. The molecule has 0 saturated heterocycles. The van der Waals surface area contributed by atoms with Gasteiger partial charge in [0.15, 0.2) is 0 Å². The summed E-state index contributed by atoms with van der Waals surface area (Å²) in [5.74, 6) is -1.75. The van der Waals surface area contributed by atoms with E-state index in [-0.39, 0.29) is 7.25 Å². The fourth-order valence-electron chi connectivity index (χ4n) is 9.90. The molecule has 56 heavy (non-hydrogen) atoms. The van der Waals surface area contributed by atoms with Crippen LogP contribution in [0.25, 0.3) is 56.7 Å². The number of halogens is 2. The topological polar surface area (TPSA) is 0 Å². The Balaban J connectivity index is 1.41. The molecule has 2 atom stereocenters. The van der Waals surface area contributed by atoms with Crippen molar-refractivity contribution in [3.8, 4) is 44.5 Å². The molecule has 0 nitrogen and oxygen atoms in total. The molecule has 283 valence electrons. The summed E-state index contributed by atoms with van der Waals surface area (Å²) in [5.41, 5.74) is 18.4. The molecule has 6 aromatic carbocycles. The molecule has 0 heterocycles. The van der Waals surface area contributed by atoms with E-state index >= 15 is 0 Å². The fourth-order valence-corrected chi connectivity index (χ4v) is 41.4. The molecule has 0 saturated carbocycles. The van der Waals surface area contributed by atoms with Crippen LogP contribution in [0.2, 0.25) is 13.1 Å². The molecule has 0 amide bonds. The van der Waals surface area contributed by atoms with Crippen LogP contribution in [0.15, 0.2) is 157 Å². The Bertz CT molecular complexity index is 2230. The van der Waals surface area contributed by atoms with Crippen LogP contribution >= 0.6 is 17.0 Å². The van der Waals surface area contributed by atoms with E-state index in [4.69, 9.17) is 17.0 Å². The molecule has 0 aliphatic heterocycles. The van der Waals surface area contributed by atoms with Gasteiger partial charge in [0.2, 0.25) is 0 Å². The van der Waals surface area contributed by atoms with Crippen LogP contribution in [-0.2, 0) is 15.6 Å². The third-order valence-corrected chi connectivity index (χ3v) is 64.6. The number of rotatable bonds is 13. The normalized spacial score (nSPS) is 16.9. The van der Waals surface area contributed by atoms with Crippen molar-refractivity contribution >= 4 is 35.1 Å². The molecule has 6 aromatic rings. The van der Waals surface area contributed by atoms with Crippen LogP contribution in [0.3, 0.4) is 0 Å². The Morgan fingerprint density at radius 3 is 1.12 bits per heavy atom. The molecule has 0 aromatic heterocycles. The number of fused-ring (bicyclic) bond motifs is 2. The van der Waals surface area contributed by atoms with E-state index < -0.39 is 21.5 Å². The van der Waals surface area contributed by atoms with Crippen LogP contribution in [0, 0.1) is 0 Å². The van der Waals surface area contributed by atoms with Crippen LogP contribution in [-0.4, -0.2) is 5.92 Å². The monoisotopic (exact) mass is 865 g/mol. The van der Waals surface area contributed by atoms with Gasteiger partial charge >= 0.3 is 347 Å². The van der Waals surface area contributed by atoms with Crippen LogP contribution in [0.1, 0.15) is 81.9 Å². The second-order valence-corrected chi connectivity index (χ2v) is 58.8. The van der Waals surface area contributed by atoms with Crippen LogP contribution < -0.4 is 0 Å². The van der Waals surface area contributed by atoms with Crippen molar-refractivity contribution in [2.24, 2.45) is 0 Å². The van der Waals surface area contributed by atoms with E-state index in [0.29, 0.717) is 0 Å². The van der Waals surface area contributed by atoms with Gasteiger partial charge in [-0.2, -0.15) is 0 Å². The number of allylic oxidation sites excluding steroid dienone is 2. The van der Waals surface area contributed by atoms with Crippen LogP contribution in [0.5, 0.6) is 0 Å². The molecule has 0 N–H and O–H groups in total.